The number of carbonyl (C=O) groups excluding carboxylic acids is 1. The van der Waals surface area contributed by atoms with Gasteiger partial charge in [-0.15, -0.1) is 0 Å². The molecule has 2 N–H and O–H groups in total. The van der Waals surface area contributed by atoms with Gasteiger partial charge in [-0.1, -0.05) is 11.8 Å². The van der Waals surface area contributed by atoms with Gasteiger partial charge in [0.15, 0.2) is 17.0 Å². The lowest BCUT2D eigenvalue weighted by atomic mass is 10.2. The van der Waals surface area contributed by atoms with Crippen LogP contribution in [0.1, 0.15) is 10.4 Å². The summed E-state index contributed by atoms with van der Waals surface area (Å²) >= 11 is -0.00195. The summed E-state index contributed by atoms with van der Waals surface area (Å²) in [5, 5.41) is 10.5. The zero-order valence-corrected chi connectivity index (χ0v) is 13.6. The molecule has 0 spiro atoms. The van der Waals surface area contributed by atoms with E-state index in [4.69, 9.17) is 5.41 Å². The Balaban J connectivity index is 2.52. The number of carbonyl (C=O) groups is 1. The molecule has 1 heterocycles. The third-order valence-electron chi connectivity index (χ3n) is 2.88. The minimum Gasteiger partial charge on any atom is -0.612 e. The molecule has 0 amide bonds. The van der Waals surface area contributed by atoms with E-state index in [9.17, 15) is 9.35 Å². The third kappa shape index (κ3) is 3.46. The minimum absolute atomic E-state index is 0.325. The van der Waals surface area contributed by atoms with Crippen molar-refractivity contribution in [1.82, 2.24) is 9.97 Å². The number of hydrogen-bond acceptors (Lipinski definition) is 7. The Labute approximate surface area is 135 Å². The first kappa shape index (κ1) is 16.5. The first-order valence-electron chi connectivity index (χ1n) is 6.25. The summed E-state index contributed by atoms with van der Waals surface area (Å²) in [7, 11) is 1.67. The zero-order valence-electron chi connectivity index (χ0n) is 12.0. The average Bonchev–Trinajstić information content (AvgIpc) is 2.54. The van der Waals surface area contributed by atoms with Gasteiger partial charge < -0.3 is 15.3 Å². The van der Waals surface area contributed by atoms with Crippen molar-refractivity contribution in [2.75, 3.05) is 18.6 Å². The maximum absolute atomic E-state index is 11.4. The molecule has 0 saturated carbocycles. The quantitative estimate of drug-likeness (QED) is 0.210. The lowest BCUT2D eigenvalue weighted by Gasteiger charge is -2.10. The van der Waals surface area contributed by atoms with Crippen LogP contribution in [0, 0.1) is 5.41 Å². The van der Waals surface area contributed by atoms with E-state index in [0.717, 1.165) is 27.8 Å². The topological polar surface area (TPSA) is 102 Å². The van der Waals surface area contributed by atoms with Gasteiger partial charge in [0, 0.05) is 12.6 Å². The second kappa shape index (κ2) is 7.39. The summed E-state index contributed by atoms with van der Waals surface area (Å²) in [5.41, 5.74) is 2.18. The highest BCUT2D eigenvalue weighted by Gasteiger charge is 2.15. The van der Waals surface area contributed by atoms with E-state index in [1.165, 1.54) is 0 Å². The van der Waals surface area contributed by atoms with Gasteiger partial charge in [-0.2, -0.15) is 0 Å². The molecule has 1 aromatic heterocycles. The molecule has 0 bridgehead atoms. The Hall–Kier alpha value is -1.90. The molecule has 0 radical (unpaired) electrons. The standard InChI is InChI=1S/C14H14N4O2S2/c1-16-13-11(7-19)14(21-8-15)18-12(17-13)9-3-5-10(6-4-9)22(2)20/h3-8,15H,1-2H3,(H,16,17,18). The van der Waals surface area contributed by atoms with Crippen LogP contribution in [-0.2, 0) is 11.2 Å². The van der Waals surface area contributed by atoms with Gasteiger partial charge in [0.2, 0.25) is 0 Å². The molecular formula is C14H14N4O2S2. The van der Waals surface area contributed by atoms with E-state index >= 15 is 0 Å². The Kier molecular flexibility index (Phi) is 5.53. The summed E-state index contributed by atoms with van der Waals surface area (Å²) < 4.78 is 11.4. The highest BCUT2D eigenvalue weighted by molar-refractivity contribution is 8.12. The Morgan fingerprint density at radius 1 is 1.32 bits per heavy atom. The number of hydrogen-bond donors (Lipinski definition) is 2. The van der Waals surface area contributed by atoms with Crippen LogP contribution in [0.4, 0.5) is 5.82 Å². The van der Waals surface area contributed by atoms with Crippen molar-refractivity contribution < 1.29 is 9.35 Å². The van der Waals surface area contributed by atoms with Gasteiger partial charge >= 0.3 is 0 Å². The van der Waals surface area contributed by atoms with Crippen LogP contribution >= 0.6 is 11.8 Å². The van der Waals surface area contributed by atoms with Crippen molar-refractivity contribution in [2.45, 2.75) is 9.92 Å². The lowest BCUT2D eigenvalue weighted by molar-refractivity contribution is 0.112. The SMILES string of the molecule is CNc1nc(-c2ccc([S+](C)[O-])cc2)nc(SC=N)c1C=O. The third-order valence-corrected chi connectivity index (χ3v) is 4.47. The fraction of sp³-hybridized carbons (Fsp3) is 0.143. The molecule has 1 unspecified atom stereocenters. The van der Waals surface area contributed by atoms with Gasteiger partial charge in [0.25, 0.3) is 0 Å². The Morgan fingerprint density at radius 3 is 2.50 bits per heavy atom. The molecule has 0 aliphatic rings. The maximum atomic E-state index is 11.4. The van der Waals surface area contributed by atoms with Crippen molar-refractivity contribution in [3.8, 4) is 11.4 Å². The largest absolute Gasteiger partial charge is 0.612 e. The molecule has 2 rings (SSSR count). The maximum Gasteiger partial charge on any atom is 0.162 e. The fourth-order valence-corrected chi connectivity index (χ4v) is 2.86. The molecule has 0 aliphatic heterocycles. The number of nitrogens with zero attached hydrogens (tertiary/aromatic N) is 2. The van der Waals surface area contributed by atoms with Gasteiger partial charge in [-0.25, -0.2) is 9.97 Å². The number of aromatic nitrogens is 2. The Bertz CT molecular complexity index is 690. The number of nitrogens with one attached hydrogen (secondary N) is 2. The molecule has 0 aliphatic carbocycles. The van der Waals surface area contributed by atoms with Crippen molar-refractivity contribution in [3.63, 3.8) is 0 Å². The number of rotatable bonds is 6. The average molecular weight is 334 g/mol. The molecular weight excluding hydrogens is 320 g/mol. The van der Waals surface area contributed by atoms with Crippen LogP contribution in [-0.4, -0.2) is 39.7 Å². The van der Waals surface area contributed by atoms with Crippen LogP contribution in [0.25, 0.3) is 11.4 Å². The molecule has 114 valence electrons. The molecule has 0 fully saturated rings. The van der Waals surface area contributed by atoms with Crippen LogP contribution in [0.3, 0.4) is 0 Å². The van der Waals surface area contributed by atoms with Crippen molar-refractivity contribution in [1.29, 1.82) is 5.41 Å². The van der Waals surface area contributed by atoms with Gasteiger partial charge in [0.05, 0.1) is 11.1 Å². The molecule has 1 aromatic carbocycles. The van der Waals surface area contributed by atoms with E-state index in [2.05, 4.69) is 15.3 Å². The first-order valence-corrected chi connectivity index (χ1v) is 8.69. The number of anilines is 1. The zero-order chi connectivity index (χ0) is 16.1. The van der Waals surface area contributed by atoms with E-state index in [1.54, 1.807) is 37.6 Å². The van der Waals surface area contributed by atoms with Crippen molar-refractivity contribution in [3.05, 3.63) is 29.8 Å². The highest BCUT2D eigenvalue weighted by Crippen LogP contribution is 2.27. The van der Waals surface area contributed by atoms with E-state index < -0.39 is 11.2 Å². The van der Waals surface area contributed by atoms with Crippen molar-refractivity contribution >= 4 is 40.6 Å². The van der Waals surface area contributed by atoms with Crippen molar-refractivity contribution in [2.24, 2.45) is 0 Å². The van der Waals surface area contributed by atoms with Crippen LogP contribution < -0.4 is 5.32 Å². The number of thioether (sulfide) groups is 1. The van der Waals surface area contributed by atoms with E-state index in [-0.39, 0.29) is 0 Å². The summed E-state index contributed by atoms with van der Waals surface area (Å²) in [4.78, 5) is 20.6. The predicted molar refractivity (Wildman–Crippen MR) is 89.4 cm³/mol. The highest BCUT2D eigenvalue weighted by atomic mass is 32.2. The van der Waals surface area contributed by atoms with Gasteiger partial charge in [-0.3, -0.25) is 4.79 Å². The Morgan fingerprint density at radius 2 is 2.00 bits per heavy atom. The second-order valence-electron chi connectivity index (χ2n) is 4.20. The van der Waals surface area contributed by atoms with Gasteiger partial charge in [0.1, 0.15) is 17.1 Å². The number of benzene rings is 1. The predicted octanol–water partition coefficient (Wildman–Crippen LogP) is 2.43. The monoisotopic (exact) mass is 334 g/mol. The lowest BCUT2D eigenvalue weighted by Crippen LogP contribution is -2.04. The van der Waals surface area contributed by atoms with E-state index in [1.807, 2.05) is 0 Å². The minimum atomic E-state index is -1.05. The number of aldehydes is 1. The van der Waals surface area contributed by atoms with Crippen LogP contribution in [0.2, 0.25) is 0 Å². The molecule has 1 atom stereocenters. The molecule has 0 saturated heterocycles. The normalized spacial score (nSPS) is 11.8. The molecule has 8 heteroatoms. The molecule has 22 heavy (non-hydrogen) atoms. The summed E-state index contributed by atoms with van der Waals surface area (Å²) in [6.07, 6.45) is 2.28. The summed E-state index contributed by atoms with van der Waals surface area (Å²) in [6.45, 7) is 0. The fourth-order valence-electron chi connectivity index (χ4n) is 1.82. The van der Waals surface area contributed by atoms with Gasteiger partial charge in [-0.05, 0) is 35.4 Å². The first-order chi connectivity index (χ1) is 10.6. The summed E-state index contributed by atoms with van der Waals surface area (Å²) in [6, 6.07) is 7.08. The summed E-state index contributed by atoms with van der Waals surface area (Å²) in [5.74, 6) is 0.847. The molecule has 2 aromatic rings. The smallest absolute Gasteiger partial charge is 0.162 e. The molecule has 6 nitrogen and oxygen atoms in total. The van der Waals surface area contributed by atoms with Crippen LogP contribution in [0.5, 0.6) is 0 Å². The second-order valence-corrected chi connectivity index (χ2v) is 6.43. The van der Waals surface area contributed by atoms with Crippen LogP contribution in [0.15, 0.2) is 34.2 Å². The van der Waals surface area contributed by atoms with E-state index in [0.29, 0.717) is 28.5 Å².